The van der Waals surface area contributed by atoms with Gasteiger partial charge in [-0.2, -0.15) is 0 Å². The molecule has 5 nitrogen and oxygen atoms in total. The van der Waals surface area contributed by atoms with Crippen LogP contribution in [0.4, 0.5) is 5.69 Å². The van der Waals surface area contributed by atoms with Crippen molar-refractivity contribution in [3.8, 4) is 0 Å². The maximum atomic E-state index is 12.9. The van der Waals surface area contributed by atoms with Crippen LogP contribution >= 0.6 is 0 Å². The molecule has 1 atom stereocenters. The highest BCUT2D eigenvalue weighted by Gasteiger charge is 2.36. The van der Waals surface area contributed by atoms with Crippen molar-refractivity contribution >= 4 is 11.6 Å². The number of aliphatic hydroxyl groups is 2. The second-order valence-electron chi connectivity index (χ2n) is 7.67. The molecule has 144 valence electrons. The maximum Gasteiger partial charge on any atom is 0.253 e. The van der Waals surface area contributed by atoms with Crippen molar-refractivity contribution in [3.63, 3.8) is 0 Å². The molecular weight excluding hydrogens is 328 g/mol. The summed E-state index contributed by atoms with van der Waals surface area (Å²) >= 11 is 0. The number of hydrogen-bond acceptors (Lipinski definition) is 4. The average Bonchev–Trinajstić information content (AvgIpc) is 2.66. The standard InChI is InChI=1S/C21H32N2O3/c1-17(2)9-11-21(16-25)10-4-12-23(15-21)20(26)18-5-7-19(8-6-18)22(3)13-14-24/h5-9,24-25H,4,10-16H2,1-3H3. The van der Waals surface area contributed by atoms with E-state index >= 15 is 0 Å². The summed E-state index contributed by atoms with van der Waals surface area (Å²) in [6.07, 6.45) is 4.83. The van der Waals surface area contributed by atoms with Gasteiger partial charge < -0.3 is 20.0 Å². The summed E-state index contributed by atoms with van der Waals surface area (Å²) < 4.78 is 0. The first-order valence-electron chi connectivity index (χ1n) is 9.36. The minimum atomic E-state index is -0.230. The minimum Gasteiger partial charge on any atom is -0.396 e. The summed E-state index contributed by atoms with van der Waals surface area (Å²) in [7, 11) is 1.91. The molecule has 0 aromatic heterocycles. The third kappa shape index (κ3) is 5.08. The van der Waals surface area contributed by atoms with Gasteiger partial charge in [-0.1, -0.05) is 11.6 Å². The van der Waals surface area contributed by atoms with Crippen LogP contribution in [0.3, 0.4) is 0 Å². The molecule has 0 spiro atoms. The molecule has 1 aliphatic heterocycles. The Morgan fingerprint density at radius 3 is 2.54 bits per heavy atom. The molecular formula is C21H32N2O3. The SMILES string of the molecule is CC(C)=CCC1(CO)CCCN(C(=O)c2ccc(N(C)CCO)cc2)C1. The van der Waals surface area contributed by atoms with E-state index in [1.165, 1.54) is 5.57 Å². The Morgan fingerprint density at radius 2 is 1.96 bits per heavy atom. The Hall–Kier alpha value is -1.85. The van der Waals surface area contributed by atoms with Crippen molar-refractivity contribution in [3.05, 3.63) is 41.5 Å². The van der Waals surface area contributed by atoms with Gasteiger partial charge in [-0.05, 0) is 57.4 Å². The van der Waals surface area contributed by atoms with Gasteiger partial charge in [-0.15, -0.1) is 0 Å². The number of hydrogen-bond donors (Lipinski definition) is 2. The Morgan fingerprint density at radius 1 is 1.27 bits per heavy atom. The zero-order chi connectivity index (χ0) is 19.2. The Bertz CT molecular complexity index is 623. The van der Waals surface area contributed by atoms with Gasteiger partial charge in [0.25, 0.3) is 5.91 Å². The van der Waals surface area contributed by atoms with Crippen molar-refractivity contribution in [2.24, 2.45) is 5.41 Å². The summed E-state index contributed by atoms with van der Waals surface area (Å²) in [5, 5.41) is 19.0. The van der Waals surface area contributed by atoms with Gasteiger partial charge in [0.2, 0.25) is 0 Å². The molecule has 2 rings (SSSR count). The van der Waals surface area contributed by atoms with Gasteiger partial charge in [-0.25, -0.2) is 0 Å². The highest BCUT2D eigenvalue weighted by Crippen LogP contribution is 2.34. The Balaban J connectivity index is 2.09. The molecule has 0 aliphatic carbocycles. The molecule has 26 heavy (non-hydrogen) atoms. The molecule has 1 amide bonds. The fourth-order valence-corrected chi connectivity index (χ4v) is 3.48. The number of carbonyl (C=O) groups is 1. The number of benzene rings is 1. The van der Waals surface area contributed by atoms with Gasteiger partial charge >= 0.3 is 0 Å². The minimum absolute atomic E-state index is 0.0242. The largest absolute Gasteiger partial charge is 0.396 e. The molecule has 2 N–H and O–H groups in total. The highest BCUT2D eigenvalue weighted by atomic mass is 16.3. The molecule has 1 heterocycles. The molecule has 0 radical (unpaired) electrons. The highest BCUT2D eigenvalue weighted by molar-refractivity contribution is 5.94. The number of aliphatic hydroxyl groups excluding tert-OH is 2. The lowest BCUT2D eigenvalue weighted by Gasteiger charge is -2.41. The predicted octanol–water partition coefficient (Wildman–Crippen LogP) is 2.69. The Labute approximate surface area is 156 Å². The lowest BCUT2D eigenvalue weighted by atomic mass is 9.77. The van der Waals surface area contributed by atoms with Gasteiger partial charge in [0.15, 0.2) is 0 Å². The van der Waals surface area contributed by atoms with E-state index in [1.54, 1.807) is 0 Å². The zero-order valence-electron chi connectivity index (χ0n) is 16.2. The van der Waals surface area contributed by atoms with Crippen molar-refractivity contribution in [2.45, 2.75) is 33.1 Å². The molecule has 1 aromatic carbocycles. The topological polar surface area (TPSA) is 64.0 Å². The van der Waals surface area contributed by atoms with E-state index in [0.717, 1.165) is 31.5 Å². The Kier molecular flexibility index (Phi) is 7.23. The number of nitrogens with zero attached hydrogens (tertiary/aromatic N) is 2. The first-order chi connectivity index (χ1) is 12.4. The zero-order valence-corrected chi connectivity index (χ0v) is 16.2. The summed E-state index contributed by atoms with van der Waals surface area (Å²) in [5.41, 5.74) is 2.65. The van der Waals surface area contributed by atoms with Gasteiger partial charge in [0.1, 0.15) is 0 Å². The van der Waals surface area contributed by atoms with Gasteiger partial charge in [0, 0.05) is 43.3 Å². The van der Waals surface area contributed by atoms with Gasteiger partial charge in [-0.3, -0.25) is 4.79 Å². The number of piperidine rings is 1. The molecule has 0 bridgehead atoms. The molecule has 1 unspecified atom stereocenters. The number of rotatable bonds is 7. The van der Waals surface area contributed by atoms with E-state index in [0.29, 0.717) is 18.7 Å². The summed E-state index contributed by atoms with van der Waals surface area (Å²) in [4.78, 5) is 16.8. The summed E-state index contributed by atoms with van der Waals surface area (Å²) in [5.74, 6) is 0.0242. The second kappa shape index (κ2) is 9.19. The van der Waals surface area contributed by atoms with Gasteiger partial charge in [0.05, 0.1) is 13.2 Å². The monoisotopic (exact) mass is 360 g/mol. The summed E-state index contributed by atoms with van der Waals surface area (Å²) in [6, 6.07) is 7.51. The van der Waals surface area contributed by atoms with Crippen LogP contribution in [-0.4, -0.2) is 60.9 Å². The third-order valence-electron chi connectivity index (χ3n) is 5.22. The van der Waals surface area contributed by atoms with Crippen LogP contribution in [0.25, 0.3) is 0 Å². The molecule has 0 saturated carbocycles. The molecule has 1 fully saturated rings. The average molecular weight is 360 g/mol. The van der Waals surface area contributed by atoms with Crippen molar-refractivity contribution in [1.82, 2.24) is 4.90 Å². The third-order valence-corrected chi connectivity index (χ3v) is 5.22. The normalized spacial score (nSPS) is 20.0. The molecule has 5 heteroatoms. The predicted molar refractivity (Wildman–Crippen MR) is 106 cm³/mol. The molecule has 1 saturated heterocycles. The van der Waals surface area contributed by atoms with Crippen molar-refractivity contribution in [2.75, 3.05) is 44.8 Å². The van der Waals surface area contributed by atoms with Crippen LogP contribution in [0.5, 0.6) is 0 Å². The molecule has 1 aliphatic rings. The van der Waals surface area contributed by atoms with E-state index in [2.05, 4.69) is 19.9 Å². The van der Waals surface area contributed by atoms with E-state index in [1.807, 2.05) is 41.1 Å². The maximum absolute atomic E-state index is 12.9. The van der Waals surface area contributed by atoms with Crippen molar-refractivity contribution < 1.29 is 15.0 Å². The van der Waals surface area contributed by atoms with E-state index in [4.69, 9.17) is 5.11 Å². The van der Waals surface area contributed by atoms with Crippen LogP contribution in [0.1, 0.15) is 43.5 Å². The van der Waals surface area contributed by atoms with Crippen LogP contribution in [0.15, 0.2) is 35.9 Å². The van der Waals surface area contributed by atoms with E-state index < -0.39 is 0 Å². The lowest BCUT2D eigenvalue weighted by Crippen LogP contribution is -2.47. The first kappa shape index (κ1) is 20.5. The fraction of sp³-hybridized carbons (Fsp3) is 0.571. The lowest BCUT2D eigenvalue weighted by molar-refractivity contribution is 0.0284. The number of carbonyl (C=O) groups excluding carboxylic acids is 1. The number of likely N-dealkylation sites (N-methyl/N-ethyl adjacent to an activating group) is 1. The van der Waals surface area contributed by atoms with Crippen molar-refractivity contribution in [1.29, 1.82) is 0 Å². The van der Waals surface area contributed by atoms with Crippen LogP contribution in [0.2, 0.25) is 0 Å². The fourth-order valence-electron chi connectivity index (χ4n) is 3.48. The quantitative estimate of drug-likeness (QED) is 0.734. The second-order valence-corrected chi connectivity index (χ2v) is 7.67. The van der Waals surface area contributed by atoms with Crippen LogP contribution in [-0.2, 0) is 0 Å². The number of likely N-dealkylation sites (tertiary alicyclic amines) is 1. The van der Waals surface area contributed by atoms with Crippen LogP contribution < -0.4 is 4.90 Å². The summed E-state index contributed by atoms with van der Waals surface area (Å²) in [6.45, 7) is 6.21. The number of anilines is 1. The van der Waals surface area contributed by atoms with E-state index in [9.17, 15) is 9.90 Å². The van der Waals surface area contributed by atoms with Crippen LogP contribution in [0, 0.1) is 5.41 Å². The number of amides is 1. The van der Waals surface area contributed by atoms with E-state index in [-0.39, 0.29) is 24.5 Å². The number of allylic oxidation sites excluding steroid dienone is 2. The first-order valence-corrected chi connectivity index (χ1v) is 9.36. The molecule has 1 aromatic rings. The smallest absolute Gasteiger partial charge is 0.253 e.